The molecule has 0 bridgehead atoms. The molecule has 7 nitrogen and oxygen atoms in total. The van der Waals surface area contributed by atoms with E-state index in [9.17, 15) is 18.3 Å². The number of carboxylic acids is 1. The van der Waals surface area contributed by atoms with Crippen LogP contribution in [0.3, 0.4) is 0 Å². The van der Waals surface area contributed by atoms with E-state index in [1.165, 1.54) is 16.6 Å². The molecule has 0 radical (unpaired) electrons. The van der Waals surface area contributed by atoms with Gasteiger partial charge >= 0.3 is 5.97 Å². The van der Waals surface area contributed by atoms with Gasteiger partial charge in [0.15, 0.2) is 5.03 Å². The van der Waals surface area contributed by atoms with E-state index < -0.39 is 21.4 Å². The van der Waals surface area contributed by atoms with Crippen LogP contribution in [0.1, 0.15) is 26.7 Å². The summed E-state index contributed by atoms with van der Waals surface area (Å²) in [5.74, 6) is -1.10. The van der Waals surface area contributed by atoms with E-state index in [4.69, 9.17) is 0 Å². The second kappa shape index (κ2) is 5.17. The summed E-state index contributed by atoms with van der Waals surface area (Å²) in [6.07, 6.45) is 2.76. The van der Waals surface area contributed by atoms with Gasteiger partial charge in [-0.05, 0) is 38.7 Å². The molecule has 112 valence electrons. The van der Waals surface area contributed by atoms with Gasteiger partial charge in [-0.3, -0.25) is 9.89 Å². The molecule has 1 atom stereocenters. The molecule has 20 heavy (non-hydrogen) atoms. The smallest absolute Gasteiger partial charge is 0.309 e. The zero-order chi connectivity index (χ0) is 15.0. The Hall–Kier alpha value is -1.41. The molecule has 1 aliphatic heterocycles. The number of hydrogen-bond donors (Lipinski definition) is 2. The van der Waals surface area contributed by atoms with Crippen molar-refractivity contribution < 1.29 is 18.3 Å². The molecule has 1 unspecified atom stereocenters. The Balaban J connectivity index is 2.22. The number of aromatic nitrogens is 2. The van der Waals surface area contributed by atoms with Crippen LogP contribution in [-0.2, 0) is 14.8 Å². The molecule has 1 aromatic rings. The lowest BCUT2D eigenvalue weighted by Gasteiger charge is -2.38. The van der Waals surface area contributed by atoms with Gasteiger partial charge in [0.05, 0.1) is 11.6 Å². The molecule has 8 heteroatoms. The highest BCUT2D eigenvalue weighted by Crippen LogP contribution is 2.35. The summed E-state index contributed by atoms with van der Waals surface area (Å²) >= 11 is 0. The monoisotopic (exact) mass is 301 g/mol. The lowest BCUT2D eigenvalue weighted by atomic mass is 9.75. The maximum Gasteiger partial charge on any atom is 0.309 e. The first-order valence-electron chi connectivity index (χ1n) is 6.49. The molecule has 0 spiro atoms. The third-order valence-electron chi connectivity index (χ3n) is 4.05. The Morgan fingerprint density at radius 1 is 1.55 bits per heavy atom. The quantitative estimate of drug-likeness (QED) is 0.860. The van der Waals surface area contributed by atoms with Crippen molar-refractivity contribution in [2.45, 2.75) is 31.7 Å². The number of carbonyl (C=O) groups is 1. The van der Waals surface area contributed by atoms with Crippen LogP contribution in [0, 0.1) is 11.3 Å². The molecule has 2 rings (SSSR count). The first-order chi connectivity index (χ1) is 9.26. The average molecular weight is 301 g/mol. The molecule has 0 saturated carbocycles. The van der Waals surface area contributed by atoms with Crippen LogP contribution in [0.15, 0.2) is 17.3 Å². The molecule has 0 amide bonds. The molecule has 1 fully saturated rings. The van der Waals surface area contributed by atoms with Crippen molar-refractivity contribution in [1.82, 2.24) is 14.5 Å². The third-order valence-corrected chi connectivity index (χ3v) is 5.84. The normalized spacial score (nSPS) is 21.8. The minimum absolute atomic E-state index is 0.0475. The summed E-state index contributed by atoms with van der Waals surface area (Å²) in [5.41, 5.74) is -0.942. The summed E-state index contributed by atoms with van der Waals surface area (Å²) in [6.45, 7) is 3.92. The number of hydrogen-bond acceptors (Lipinski definition) is 4. The number of rotatable bonds is 4. The predicted octanol–water partition coefficient (Wildman–Crippen LogP) is 0.921. The Bertz CT molecular complexity index is 580. The van der Waals surface area contributed by atoms with E-state index in [1.54, 1.807) is 13.8 Å². The van der Waals surface area contributed by atoms with Gasteiger partial charge in [-0.1, -0.05) is 0 Å². The highest BCUT2D eigenvalue weighted by atomic mass is 32.2. The summed E-state index contributed by atoms with van der Waals surface area (Å²) in [7, 11) is -3.62. The summed E-state index contributed by atoms with van der Waals surface area (Å²) < 4.78 is 26.1. The van der Waals surface area contributed by atoms with Crippen LogP contribution in [0.25, 0.3) is 0 Å². The molecule has 0 aromatic carbocycles. The molecule has 0 aliphatic carbocycles. The van der Waals surface area contributed by atoms with Gasteiger partial charge in [-0.2, -0.15) is 9.40 Å². The summed E-state index contributed by atoms with van der Waals surface area (Å²) in [5, 5.41) is 15.4. The molecular weight excluding hydrogens is 282 g/mol. The number of H-pyrrole nitrogens is 1. The topological polar surface area (TPSA) is 103 Å². The highest BCUT2D eigenvalue weighted by molar-refractivity contribution is 7.89. The van der Waals surface area contributed by atoms with E-state index in [2.05, 4.69) is 10.2 Å². The van der Waals surface area contributed by atoms with E-state index in [0.717, 1.165) is 0 Å². The number of sulfonamides is 1. The summed E-state index contributed by atoms with van der Waals surface area (Å²) in [6, 6.07) is 1.40. The van der Waals surface area contributed by atoms with Gasteiger partial charge in [-0.15, -0.1) is 0 Å². The molecule has 1 saturated heterocycles. The Morgan fingerprint density at radius 3 is 2.80 bits per heavy atom. The van der Waals surface area contributed by atoms with Gasteiger partial charge in [0, 0.05) is 13.1 Å². The number of nitrogens with zero attached hydrogens (tertiary/aromatic N) is 2. The van der Waals surface area contributed by atoms with E-state index >= 15 is 0 Å². The lowest BCUT2D eigenvalue weighted by Crippen LogP contribution is -2.46. The zero-order valence-electron chi connectivity index (χ0n) is 11.5. The molecule has 2 N–H and O–H groups in total. The zero-order valence-corrected chi connectivity index (χ0v) is 12.4. The first kappa shape index (κ1) is 15.0. The van der Waals surface area contributed by atoms with Crippen LogP contribution >= 0.6 is 0 Å². The maximum atomic E-state index is 12.4. The van der Waals surface area contributed by atoms with Crippen molar-refractivity contribution in [3.63, 3.8) is 0 Å². The Morgan fingerprint density at radius 2 is 2.25 bits per heavy atom. The fourth-order valence-electron chi connectivity index (χ4n) is 2.45. The van der Waals surface area contributed by atoms with Crippen molar-refractivity contribution in [1.29, 1.82) is 0 Å². The van der Waals surface area contributed by atoms with Gasteiger partial charge < -0.3 is 5.11 Å². The largest absolute Gasteiger partial charge is 0.481 e. The van der Waals surface area contributed by atoms with Crippen LogP contribution in [0.2, 0.25) is 0 Å². The first-order valence-corrected chi connectivity index (χ1v) is 7.93. The molecule has 1 aromatic heterocycles. The van der Waals surface area contributed by atoms with Crippen LogP contribution in [0.4, 0.5) is 0 Å². The maximum absolute atomic E-state index is 12.4. The number of nitrogens with one attached hydrogen (secondary N) is 1. The van der Waals surface area contributed by atoms with Crippen molar-refractivity contribution >= 4 is 16.0 Å². The summed E-state index contributed by atoms with van der Waals surface area (Å²) in [4.78, 5) is 11.3. The van der Waals surface area contributed by atoms with Crippen molar-refractivity contribution in [3.8, 4) is 0 Å². The van der Waals surface area contributed by atoms with Crippen LogP contribution in [0.5, 0.6) is 0 Å². The number of aliphatic carboxylic acids is 1. The van der Waals surface area contributed by atoms with Crippen molar-refractivity contribution in [2.24, 2.45) is 11.3 Å². The van der Waals surface area contributed by atoms with E-state index in [0.29, 0.717) is 19.4 Å². The Labute approximate surface area is 118 Å². The average Bonchev–Trinajstić information content (AvgIpc) is 2.93. The van der Waals surface area contributed by atoms with Gasteiger partial charge in [-0.25, -0.2) is 8.42 Å². The van der Waals surface area contributed by atoms with Crippen molar-refractivity contribution in [3.05, 3.63) is 12.3 Å². The van der Waals surface area contributed by atoms with E-state index in [1.807, 2.05) is 0 Å². The van der Waals surface area contributed by atoms with Crippen LogP contribution in [-0.4, -0.2) is 47.1 Å². The van der Waals surface area contributed by atoms with Gasteiger partial charge in [0.25, 0.3) is 10.0 Å². The van der Waals surface area contributed by atoms with Gasteiger partial charge in [0.1, 0.15) is 0 Å². The predicted molar refractivity (Wildman–Crippen MR) is 71.5 cm³/mol. The minimum atomic E-state index is -3.62. The Kier molecular flexibility index (Phi) is 3.88. The third kappa shape index (κ3) is 2.57. The fraction of sp³-hybridized carbons (Fsp3) is 0.667. The number of piperidine rings is 1. The number of aromatic amines is 1. The lowest BCUT2D eigenvalue weighted by molar-refractivity contribution is -0.151. The number of carboxylic acid groups (broad SMARTS) is 1. The van der Waals surface area contributed by atoms with Gasteiger partial charge in [0.2, 0.25) is 0 Å². The fourth-order valence-corrected chi connectivity index (χ4v) is 3.87. The second-order valence-corrected chi connectivity index (χ2v) is 7.56. The second-order valence-electron chi connectivity index (χ2n) is 5.65. The molecule has 2 heterocycles. The van der Waals surface area contributed by atoms with Crippen LogP contribution < -0.4 is 0 Å². The standard InChI is InChI=1S/C12H19N3O4S/c1-12(2,11(16)17)9-4-3-7-15(8-9)20(18,19)10-5-6-13-14-10/h5-6,9H,3-4,7-8H2,1-2H3,(H,13,14)(H,16,17). The molecule has 1 aliphatic rings. The molecular formula is C12H19N3O4S. The highest BCUT2D eigenvalue weighted by Gasteiger charge is 2.41. The SMILES string of the molecule is CC(C)(C(=O)O)C1CCCN(S(=O)(=O)c2ccn[nH]2)C1. The van der Waals surface area contributed by atoms with Crippen molar-refractivity contribution in [2.75, 3.05) is 13.1 Å². The van der Waals surface area contributed by atoms with E-state index in [-0.39, 0.29) is 17.5 Å². The minimum Gasteiger partial charge on any atom is -0.481 e.